The first-order valence-electron chi connectivity index (χ1n) is 12.1. The summed E-state index contributed by atoms with van der Waals surface area (Å²) in [6.45, 7) is 5.79. The molecule has 5 aromatic rings. The third-order valence-electron chi connectivity index (χ3n) is 6.74. The molecule has 36 heavy (non-hydrogen) atoms. The van der Waals surface area contributed by atoms with E-state index in [4.69, 9.17) is 0 Å². The Morgan fingerprint density at radius 1 is 0.889 bits per heavy atom. The molecule has 8 nitrogen and oxygen atoms in total. The second-order valence-corrected chi connectivity index (χ2v) is 9.39. The number of likely N-dealkylation sites (N-methyl/N-ethyl adjacent to an activating group) is 1. The van der Waals surface area contributed by atoms with E-state index in [0.717, 1.165) is 70.6 Å². The number of benzene rings is 1. The first-order valence-corrected chi connectivity index (χ1v) is 12.1. The van der Waals surface area contributed by atoms with Crippen LogP contribution in [0.5, 0.6) is 0 Å². The highest BCUT2D eigenvalue weighted by Gasteiger charge is 2.17. The molecule has 1 amide bonds. The highest BCUT2D eigenvalue weighted by atomic mass is 16.1. The number of piperazine rings is 1. The minimum absolute atomic E-state index is 0.201. The van der Waals surface area contributed by atoms with Crippen LogP contribution in [-0.2, 0) is 0 Å². The molecule has 0 atom stereocenters. The number of aryl methyl sites for hydroxylation is 1. The Morgan fingerprint density at radius 3 is 2.61 bits per heavy atom. The van der Waals surface area contributed by atoms with Crippen LogP contribution in [0, 0.1) is 6.92 Å². The van der Waals surface area contributed by atoms with Crippen LogP contribution in [0.25, 0.3) is 32.9 Å². The lowest BCUT2D eigenvalue weighted by Crippen LogP contribution is -2.44. The van der Waals surface area contributed by atoms with Crippen LogP contribution in [0.3, 0.4) is 0 Å². The maximum atomic E-state index is 13.0. The van der Waals surface area contributed by atoms with Crippen molar-refractivity contribution in [2.45, 2.75) is 6.92 Å². The lowest BCUT2D eigenvalue weighted by Gasteiger charge is -2.33. The first-order chi connectivity index (χ1) is 17.5. The summed E-state index contributed by atoms with van der Waals surface area (Å²) in [5.41, 5.74) is 5.71. The van der Waals surface area contributed by atoms with Gasteiger partial charge in [0.1, 0.15) is 11.6 Å². The molecular formula is C28H27N7O. The summed E-state index contributed by atoms with van der Waals surface area (Å²) in [5.74, 6) is 1.14. The summed E-state index contributed by atoms with van der Waals surface area (Å²) in [4.78, 5) is 34.4. The number of pyridine rings is 3. The molecule has 2 N–H and O–H groups in total. The van der Waals surface area contributed by atoms with Crippen LogP contribution < -0.4 is 10.2 Å². The molecule has 1 saturated heterocycles. The molecule has 0 radical (unpaired) electrons. The monoisotopic (exact) mass is 477 g/mol. The minimum atomic E-state index is -0.201. The van der Waals surface area contributed by atoms with Gasteiger partial charge < -0.3 is 20.1 Å². The fraction of sp³-hybridized carbons (Fsp3) is 0.214. The van der Waals surface area contributed by atoms with E-state index in [2.05, 4.69) is 60.3 Å². The molecule has 0 bridgehead atoms. The minimum Gasteiger partial charge on any atom is -0.357 e. The van der Waals surface area contributed by atoms with Gasteiger partial charge in [-0.15, -0.1) is 0 Å². The molecule has 8 heteroatoms. The van der Waals surface area contributed by atoms with Gasteiger partial charge in [-0.25, -0.2) is 9.97 Å². The number of carbonyl (C=O) groups is 1. The largest absolute Gasteiger partial charge is 0.357 e. The number of anilines is 2. The van der Waals surface area contributed by atoms with E-state index in [-0.39, 0.29) is 5.91 Å². The van der Waals surface area contributed by atoms with Crippen molar-refractivity contribution in [2.75, 3.05) is 43.4 Å². The van der Waals surface area contributed by atoms with Crippen LogP contribution in [0.4, 0.5) is 11.6 Å². The molecule has 0 spiro atoms. The zero-order valence-electron chi connectivity index (χ0n) is 20.3. The van der Waals surface area contributed by atoms with Gasteiger partial charge >= 0.3 is 0 Å². The van der Waals surface area contributed by atoms with Crippen LogP contribution >= 0.6 is 0 Å². The summed E-state index contributed by atoms with van der Waals surface area (Å²) in [6, 6.07) is 15.9. The van der Waals surface area contributed by atoms with Crippen molar-refractivity contribution >= 4 is 39.3 Å². The summed E-state index contributed by atoms with van der Waals surface area (Å²) in [5, 5.41) is 4.95. The Morgan fingerprint density at radius 2 is 1.75 bits per heavy atom. The van der Waals surface area contributed by atoms with Crippen molar-refractivity contribution < 1.29 is 4.79 Å². The maximum absolute atomic E-state index is 13.0. The Kier molecular flexibility index (Phi) is 5.58. The zero-order valence-corrected chi connectivity index (χ0v) is 20.3. The number of aromatic amines is 1. The maximum Gasteiger partial charge on any atom is 0.257 e. The van der Waals surface area contributed by atoms with Gasteiger partial charge in [0, 0.05) is 67.0 Å². The van der Waals surface area contributed by atoms with E-state index < -0.39 is 0 Å². The number of fused-ring (bicyclic) bond motifs is 2. The van der Waals surface area contributed by atoms with Crippen LogP contribution in [0.2, 0.25) is 0 Å². The second kappa shape index (κ2) is 9.05. The quantitative estimate of drug-likeness (QED) is 0.397. The number of H-pyrrole nitrogens is 1. The average Bonchev–Trinajstić information content (AvgIpc) is 3.28. The normalized spacial score (nSPS) is 14.4. The molecule has 0 unspecified atom stereocenters. The molecule has 0 aliphatic carbocycles. The van der Waals surface area contributed by atoms with Crippen molar-refractivity contribution in [2.24, 2.45) is 0 Å². The Hall–Kier alpha value is -4.30. The number of nitrogens with zero attached hydrogens (tertiary/aromatic N) is 5. The van der Waals surface area contributed by atoms with E-state index in [1.165, 1.54) is 0 Å². The van der Waals surface area contributed by atoms with Crippen LogP contribution in [-0.4, -0.2) is 64.0 Å². The molecule has 180 valence electrons. The fourth-order valence-corrected chi connectivity index (χ4v) is 4.65. The Balaban J connectivity index is 1.24. The summed E-state index contributed by atoms with van der Waals surface area (Å²) in [6.07, 6.45) is 5.37. The van der Waals surface area contributed by atoms with Gasteiger partial charge in [-0.2, -0.15) is 0 Å². The van der Waals surface area contributed by atoms with Crippen LogP contribution in [0.15, 0.2) is 67.1 Å². The number of hydrogen-bond acceptors (Lipinski definition) is 6. The molecule has 1 fully saturated rings. The summed E-state index contributed by atoms with van der Waals surface area (Å²) >= 11 is 0. The topological polar surface area (TPSA) is 90.0 Å². The predicted molar refractivity (Wildman–Crippen MR) is 143 cm³/mol. The van der Waals surface area contributed by atoms with Crippen molar-refractivity contribution in [3.8, 4) is 11.1 Å². The highest BCUT2D eigenvalue weighted by Crippen LogP contribution is 2.27. The molecule has 1 aliphatic heterocycles. The van der Waals surface area contributed by atoms with E-state index in [0.29, 0.717) is 11.4 Å². The molecule has 5 heterocycles. The van der Waals surface area contributed by atoms with E-state index in [9.17, 15) is 4.79 Å². The fourth-order valence-electron chi connectivity index (χ4n) is 4.65. The van der Waals surface area contributed by atoms with E-state index >= 15 is 0 Å². The predicted octanol–water partition coefficient (Wildman–Crippen LogP) is 4.49. The first kappa shape index (κ1) is 22.2. The summed E-state index contributed by atoms with van der Waals surface area (Å²) in [7, 11) is 2.12. The molecule has 1 aliphatic rings. The van der Waals surface area contributed by atoms with Crippen molar-refractivity contribution in [1.82, 2.24) is 24.8 Å². The summed E-state index contributed by atoms with van der Waals surface area (Å²) < 4.78 is 0. The number of carbonyl (C=O) groups excluding carboxylic acids is 1. The van der Waals surface area contributed by atoms with E-state index in [1.807, 2.05) is 37.4 Å². The third kappa shape index (κ3) is 4.38. The van der Waals surface area contributed by atoms with Gasteiger partial charge in [0.25, 0.3) is 5.91 Å². The number of nitrogens with one attached hydrogen (secondary N) is 2. The number of hydrogen-bond donors (Lipinski definition) is 2. The van der Waals surface area contributed by atoms with Crippen LogP contribution in [0.1, 0.15) is 16.1 Å². The number of amides is 1. The zero-order chi connectivity index (χ0) is 24.6. The van der Waals surface area contributed by atoms with Gasteiger partial charge in [-0.05, 0) is 61.3 Å². The molecular weight excluding hydrogens is 450 g/mol. The number of aromatic nitrogens is 4. The molecule has 0 saturated carbocycles. The number of rotatable bonds is 4. The highest BCUT2D eigenvalue weighted by molar-refractivity contribution is 6.05. The SMILES string of the molecule is Cc1cc2ncc(-c3ccc4cnc(NC(=O)c5ccnc(N6CCN(C)CC6)c5)cc4c3)cc2[nH]1. The van der Waals surface area contributed by atoms with Gasteiger partial charge in [-0.1, -0.05) is 12.1 Å². The Bertz CT molecular complexity index is 1580. The van der Waals surface area contributed by atoms with E-state index in [1.54, 1.807) is 18.5 Å². The third-order valence-corrected chi connectivity index (χ3v) is 6.74. The smallest absolute Gasteiger partial charge is 0.257 e. The van der Waals surface area contributed by atoms with Crippen molar-refractivity contribution in [3.05, 3.63) is 78.4 Å². The lowest BCUT2D eigenvalue weighted by atomic mass is 10.0. The van der Waals surface area contributed by atoms with Gasteiger partial charge in [0.05, 0.1) is 11.0 Å². The second-order valence-electron chi connectivity index (χ2n) is 9.39. The molecule has 6 rings (SSSR count). The standard InChI is InChI=1S/C28H27N7O/c1-18-11-24-25(32-18)13-23(17-30-24)19-3-4-21-16-31-26(14-22(21)12-19)33-28(36)20-5-6-29-27(15-20)35-9-7-34(2)8-10-35/h3-6,11-17,32H,7-10H2,1-2H3,(H,31,33,36). The average molecular weight is 478 g/mol. The molecule has 1 aromatic carbocycles. The van der Waals surface area contributed by atoms with Crippen molar-refractivity contribution in [3.63, 3.8) is 0 Å². The molecule has 4 aromatic heterocycles. The van der Waals surface area contributed by atoms with Gasteiger partial charge in [-0.3, -0.25) is 9.78 Å². The van der Waals surface area contributed by atoms with Gasteiger partial charge in [0.15, 0.2) is 0 Å². The van der Waals surface area contributed by atoms with Gasteiger partial charge in [0.2, 0.25) is 0 Å². The lowest BCUT2D eigenvalue weighted by molar-refractivity contribution is 0.102. The van der Waals surface area contributed by atoms with Crippen molar-refractivity contribution in [1.29, 1.82) is 0 Å². The Labute approximate surface area is 209 Å².